The first-order chi connectivity index (χ1) is 11.1. The Bertz CT molecular complexity index is 694. The van der Waals surface area contributed by atoms with Crippen molar-refractivity contribution in [2.45, 2.75) is 12.3 Å². The molecule has 2 aromatic carbocycles. The molecular weight excluding hydrogens is 296 g/mol. The molecule has 2 aromatic rings. The maximum absolute atomic E-state index is 12.4. The molecule has 1 unspecified atom stereocenters. The van der Waals surface area contributed by atoms with Gasteiger partial charge in [0.25, 0.3) is 0 Å². The van der Waals surface area contributed by atoms with E-state index in [1.807, 2.05) is 0 Å². The van der Waals surface area contributed by atoms with Crippen LogP contribution in [0.15, 0.2) is 48.5 Å². The summed E-state index contributed by atoms with van der Waals surface area (Å²) in [6.45, 7) is 0. The Balaban J connectivity index is 2.24. The lowest BCUT2D eigenvalue weighted by molar-refractivity contribution is -0.138. The fourth-order valence-electron chi connectivity index (χ4n) is 2.35. The maximum Gasteiger partial charge on any atom is 0.311 e. The minimum absolute atomic E-state index is 0.116. The number of carbonyl (C=O) groups excluding carboxylic acids is 1. The smallest absolute Gasteiger partial charge is 0.311 e. The van der Waals surface area contributed by atoms with Crippen LogP contribution in [0.1, 0.15) is 28.3 Å². The molecule has 1 N–H and O–H groups in total. The van der Waals surface area contributed by atoms with Crippen molar-refractivity contribution in [1.82, 2.24) is 0 Å². The summed E-state index contributed by atoms with van der Waals surface area (Å²) < 4.78 is 10.3. The maximum atomic E-state index is 12.4. The summed E-state index contributed by atoms with van der Waals surface area (Å²) in [6.07, 6.45) is -0.116. The van der Waals surface area contributed by atoms with Crippen LogP contribution in [-0.4, -0.2) is 31.1 Å². The zero-order chi connectivity index (χ0) is 16.8. The quantitative estimate of drug-likeness (QED) is 0.795. The predicted octanol–water partition coefficient (Wildman–Crippen LogP) is 3.15. The minimum Gasteiger partial charge on any atom is -0.493 e. The standard InChI is InChI=1S/C18H18O5/c1-22-16-9-8-13(10-17(16)23-2)15(19)11-14(18(20)21)12-6-4-3-5-7-12/h3-10,14H,11H2,1-2H3,(H,20,21). The molecule has 0 heterocycles. The number of hydrogen-bond donors (Lipinski definition) is 1. The normalized spacial score (nSPS) is 11.6. The number of Topliss-reactive ketones (excluding diaryl/α,β-unsaturated/α-hetero) is 1. The zero-order valence-corrected chi connectivity index (χ0v) is 13.0. The number of carboxylic acids is 1. The average Bonchev–Trinajstić information content (AvgIpc) is 2.59. The van der Waals surface area contributed by atoms with Crippen molar-refractivity contribution in [1.29, 1.82) is 0 Å². The van der Waals surface area contributed by atoms with Gasteiger partial charge in [0, 0.05) is 12.0 Å². The monoisotopic (exact) mass is 314 g/mol. The number of hydrogen-bond acceptors (Lipinski definition) is 4. The van der Waals surface area contributed by atoms with Crippen LogP contribution in [0.4, 0.5) is 0 Å². The van der Waals surface area contributed by atoms with Crippen molar-refractivity contribution in [2.24, 2.45) is 0 Å². The van der Waals surface area contributed by atoms with Gasteiger partial charge in [0.1, 0.15) is 0 Å². The van der Waals surface area contributed by atoms with Gasteiger partial charge in [-0.25, -0.2) is 0 Å². The summed E-state index contributed by atoms with van der Waals surface area (Å²) >= 11 is 0. The predicted molar refractivity (Wildman–Crippen MR) is 85.3 cm³/mol. The largest absolute Gasteiger partial charge is 0.493 e. The van der Waals surface area contributed by atoms with E-state index in [9.17, 15) is 14.7 Å². The number of ether oxygens (including phenoxy) is 2. The van der Waals surface area contributed by atoms with E-state index in [4.69, 9.17) is 9.47 Å². The van der Waals surface area contributed by atoms with Crippen molar-refractivity contribution in [2.75, 3.05) is 14.2 Å². The number of carboxylic acid groups (broad SMARTS) is 1. The van der Waals surface area contributed by atoms with Crippen molar-refractivity contribution >= 4 is 11.8 Å². The molecule has 2 rings (SSSR count). The highest BCUT2D eigenvalue weighted by molar-refractivity contribution is 5.99. The van der Waals surface area contributed by atoms with Gasteiger partial charge in [0.15, 0.2) is 17.3 Å². The van der Waals surface area contributed by atoms with E-state index in [-0.39, 0.29) is 12.2 Å². The molecule has 1 atom stereocenters. The third-order valence-corrected chi connectivity index (χ3v) is 3.60. The number of methoxy groups -OCH3 is 2. The van der Waals surface area contributed by atoms with Crippen molar-refractivity contribution in [3.63, 3.8) is 0 Å². The van der Waals surface area contributed by atoms with Gasteiger partial charge in [-0.15, -0.1) is 0 Å². The molecule has 5 heteroatoms. The van der Waals surface area contributed by atoms with Crippen LogP contribution >= 0.6 is 0 Å². The summed E-state index contributed by atoms with van der Waals surface area (Å²) in [7, 11) is 2.99. The van der Waals surface area contributed by atoms with Crippen LogP contribution in [-0.2, 0) is 4.79 Å². The molecule has 23 heavy (non-hydrogen) atoms. The molecule has 120 valence electrons. The zero-order valence-electron chi connectivity index (χ0n) is 13.0. The Kier molecular flexibility index (Phi) is 5.36. The Hall–Kier alpha value is -2.82. The lowest BCUT2D eigenvalue weighted by Gasteiger charge is -2.13. The third-order valence-electron chi connectivity index (χ3n) is 3.60. The summed E-state index contributed by atoms with van der Waals surface area (Å²) in [4.78, 5) is 23.9. The lowest BCUT2D eigenvalue weighted by atomic mass is 9.91. The molecule has 0 saturated carbocycles. The van der Waals surface area contributed by atoms with Gasteiger partial charge in [-0.1, -0.05) is 30.3 Å². The van der Waals surface area contributed by atoms with Gasteiger partial charge >= 0.3 is 5.97 Å². The summed E-state index contributed by atoms with van der Waals surface area (Å²) in [5.74, 6) is -1.21. The van der Waals surface area contributed by atoms with Crippen molar-refractivity contribution in [3.8, 4) is 11.5 Å². The van der Waals surface area contributed by atoms with Gasteiger partial charge in [-0.3, -0.25) is 9.59 Å². The van der Waals surface area contributed by atoms with Gasteiger partial charge in [0.2, 0.25) is 0 Å². The van der Waals surface area contributed by atoms with E-state index >= 15 is 0 Å². The second kappa shape index (κ2) is 7.45. The molecule has 0 spiro atoms. The molecule has 0 bridgehead atoms. The molecule has 0 aromatic heterocycles. The Labute approximate surface area is 134 Å². The highest BCUT2D eigenvalue weighted by Crippen LogP contribution is 2.29. The van der Waals surface area contributed by atoms with E-state index < -0.39 is 11.9 Å². The molecule has 0 aliphatic heterocycles. The molecule has 5 nitrogen and oxygen atoms in total. The van der Waals surface area contributed by atoms with E-state index in [0.717, 1.165) is 0 Å². The summed E-state index contributed by atoms with van der Waals surface area (Å²) in [5.41, 5.74) is 0.999. The molecule has 0 fully saturated rings. The second-order valence-electron chi connectivity index (χ2n) is 5.00. The molecular formula is C18H18O5. The van der Waals surface area contributed by atoms with Gasteiger partial charge in [-0.2, -0.15) is 0 Å². The van der Waals surface area contributed by atoms with Crippen LogP contribution in [0.3, 0.4) is 0 Å². The molecule has 0 radical (unpaired) electrons. The first-order valence-corrected chi connectivity index (χ1v) is 7.09. The number of aliphatic carboxylic acids is 1. The van der Waals surface area contributed by atoms with Crippen molar-refractivity contribution in [3.05, 3.63) is 59.7 Å². The number of carbonyl (C=O) groups is 2. The van der Waals surface area contributed by atoms with Gasteiger partial charge in [0.05, 0.1) is 20.1 Å². The highest BCUT2D eigenvalue weighted by atomic mass is 16.5. The third kappa shape index (κ3) is 3.88. The highest BCUT2D eigenvalue weighted by Gasteiger charge is 2.24. The van der Waals surface area contributed by atoms with Gasteiger partial charge in [-0.05, 0) is 23.8 Å². The van der Waals surface area contributed by atoms with E-state index in [1.54, 1.807) is 48.5 Å². The van der Waals surface area contributed by atoms with E-state index in [0.29, 0.717) is 22.6 Å². The minimum atomic E-state index is -1.02. The number of ketones is 1. The number of rotatable bonds is 7. The summed E-state index contributed by atoms with van der Waals surface area (Å²) in [5, 5.41) is 9.41. The van der Waals surface area contributed by atoms with Crippen LogP contribution in [0.2, 0.25) is 0 Å². The Morgan fingerprint density at radius 2 is 1.65 bits per heavy atom. The fraction of sp³-hybridized carbons (Fsp3) is 0.222. The van der Waals surface area contributed by atoms with Gasteiger partial charge < -0.3 is 14.6 Å². The Morgan fingerprint density at radius 1 is 1.00 bits per heavy atom. The van der Waals surface area contributed by atoms with Crippen LogP contribution in [0.5, 0.6) is 11.5 Å². The second-order valence-corrected chi connectivity index (χ2v) is 5.00. The van der Waals surface area contributed by atoms with Crippen LogP contribution in [0.25, 0.3) is 0 Å². The van der Waals surface area contributed by atoms with E-state index in [2.05, 4.69) is 0 Å². The first kappa shape index (κ1) is 16.5. The average molecular weight is 314 g/mol. The van der Waals surface area contributed by atoms with Crippen molar-refractivity contribution < 1.29 is 24.2 Å². The fourth-order valence-corrected chi connectivity index (χ4v) is 2.35. The first-order valence-electron chi connectivity index (χ1n) is 7.09. The molecule has 0 amide bonds. The molecule has 0 aliphatic carbocycles. The Morgan fingerprint density at radius 3 is 2.22 bits per heavy atom. The summed E-state index contributed by atoms with van der Waals surface area (Å²) in [6, 6.07) is 13.5. The van der Waals surface area contributed by atoms with Crippen LogP contribution in [0, 0.1) is 0 Å². The number of benzene rings is 2. The lowest BCUT2D eigenvalue weighted by Crippen LogP contribution is -2.16. The van der Waals surface area contributed by atoms with Crippen LogP contribution < -0.4 is 9.47 Å². The molecule has 0 saturated heterocycles. The topological polar surface area (TPSA) is 72.8 Å². The SMILES string of the molecule is COc1ccc(C(=O)CC(C(=O)O)c2ccccc2)cc1OC. The van der Waals surface area contributed by atoms with E-state index in [1.165, 1.54) is 14.2 Å². The molecule has 0 aliphatic rings.